The van der Waals surface area contributed by atoms with Crippen LogP contribution in [0.1, 0.15) is 34.6 Å². The average molecular weight is 229 g/mol. The van der Waals surface area contributed by atoms with E-state index in [0.717, 1.165) is 5.16 Å². The molecule has 0 aliphatic heterocycles. The fourth-order valence-electron chi connectivity index (χ4n) is 2.67. The highest BCUT2D eigenvalue weighted by molar-refractivity contribution is 6.92. The average Bonchev–Trinajstić information content (AvgIpc) is 2.23. The molecule has 1 atom stereocenters. The minimum Gasteiger partial charge on any atom is -0.0678 e. The summed E-state index contributed by atoms with van der Waals surface area (Å²) in [6.45, 7) is 16.5. The molecule has 0 fully saturated rings. The zero-order valence-electron chi connectivity index (χ0n) is 10.8. The molecule has 0 nitrogen and oxygen atoms in total. The summed E-state index contributed by atoms with van der Waals surface area (Å²) in [5, 5.41) is 0.877. The molecular weight excluding hydrogens is 200 g/mol. The smallest absolute Gasteiger partial charge is 0.0678 e. The van der Waals surface area contributed by atoms with Crippen molar-refractivity contribution in [2.75, 3.05) is 0 Å². The number of hydrogen-bond donors (Lipinski definition) is 0. The maximum atomic E-state index is 4.57. The van der Waals surface area contributed by atoms with E-state index in [4.69, 9.17) is 0 Å². The molecule has 0 spiro atoms. The van der Waals surface area contributed by atoms with Crippen molar-refractivity contribution >= 4 is 16.9 Å². The van der Waals surface area contributed by atoms with Crippen LogP contribution < -0.4 is 0 Å². The second-order valence-electron chi connectivity index (χ2n) is 4.34. The summed E-state index contributed by atoms with van der Waals surface area (Å²) in [6.07, 6.45) is 0. The fourth-order valence-corrected chi connectivity index (χ4v) is 13.7. The Morgan fingerprint density at radius 1 is 0.929 bits per heavy atom. The van der Waals surface area contributed by atoms with Gasteiger partial charge in [0.25, 0.3) is 0 Å². The first-order valence-electron chi connectivity index (χ1n) is 6.29. The van der Waals surface area contributed by atoms with Gasteiger partial charge < -0.3 is 0 Å². The molecule has 0 N–H and O–H groups in total. The summed E-state index contributed by atoms with van der Waals surface area (Å²) in [4.78, 5) is 0. The van der Waals surface area contributed by atoms with Crippen LogP contribution in [0.5, 0.6) is 0 Å². The Labute approximate surface area is 94.1 Å². The molecule has 0 aromatic heterocycles. The van der Waals surface area contributed by atoms with Crippen LogP contribution in [-0.4, -0.2) is 16.9 Å². The van der Waals surface area contributed by atoms with E-state index >= 15 is 0 Å². The Morgan fingerprint density at radius 3 is 1.50 bits per heavy atom. The van der Waals surface area contributed by atoms with Crippen molar-refractivity contribution in [1.29, 1.82) is 0 Å². The minimum absolute atomic E-state index is 0.143. The van der Waals surface area contributed by atoms with Crippen LogP contribution in [0.15, 0.2) is 0 Å². The molecule has 0 rings (SSSR count). The molecule has 83 valence electrons. The largest absolute Gasteiger partial charge is 0.105 e. The normalized spacial score (nSPS) is 14.7. The fraction of sp³-hybridized carbons (Fsp3) is 0.917. The van der Waals surface area contributed by atoms with E-state index in [1.807, 2.05) is 0 Å². The lowest BCUT2D eigenvalue weighted by Gasteiger charge is -2.33. The van der Waals surface area contributed by atoms with Crippen LogP contribution in [0, 0.1) is 6.92 Å². The van der Waals surface area contributed by atoms with E-state index in [0.29, 0.717) is 0 Å². The van der Waals surface area contributed by atoms with Crippen molar-refractivity contribution < 1.29 is 0 Å². The van der Waals surface area contributed by atoms with Gasteiger partial charge in [0.2, 0.25) is 0 Å². The van der Waals surface area contributed by atoms with Gasteiger partial charge in [-0.2, -0.15) is 0 Å². The van der Waals surface area contributed by atoms with E-state index in [1.54, 1.807) is 0 Å². The van der Waals surface area contributed by atoms with Crippen molar-refractivity contribution in [2.24, 2.45) is 0 Å². The maximum absolute atomic E-state index is 4.57. The number of hydrogen-bond acceptors (Lipinski definition) is 0. The standard InChI is InChI=1S/C12H28Si2/c1-7-13(8-2)12(6)14(9-3,10-4)11-5/h12H,6-11H2,1-5H3/q+1. The third kappa shape index (κ3) is 2.89. The van der Waals surface area contributed by atoms with E-state index in [2.05, 4.69) is 41.5 Å². The zero-order chi connectivity index (χ0) is 11.2. The molecular formula is C12H28Si2+. The van der Waals surface area contributed by atoms with Crippen LogP contribution >= 0.6 is 0 Å². The van der Waals surface area contributed by atoms with Crippen molar-refractivity contribution in [1.82, 2.24) is 0 Å². The third-order valence-electron chi connectivity index (χ3n) is 4.25. The van der Waals surface area contributed by atoms with Crippen molar-refractivity contribution in [3.05, 3.63) is 6.92 Å². The second kappa shape index (κ2) is 6.73. The van der Waals surface area contributed by atoms with E-state index in [1.165, 1.54) is 30.2 Å². The highest BCUT2D eigenvalue weighted by Crippen LogP contribution is 2.36. The summed E-state index contributed by atoms with van der Waals surface area (Å²) >= 11 is 0. The molecule has 0 saturated carbocycles. The van der Waals surface area contributed by atoms with E-state index < -0.39 is 8.07 Å². The summed E-state index contributed by atoms with van der Waals surface area (Å²) in [5.74, 6) is 0. The Hall–Kier alpha value is 0.304. The topological polar surface area (TPSA) is 0 Å². The highest BCUT2D eigenvalue weighted by Gasteiger charge is 2.42. The lowest BCUT2D eigenvalue weighted by molar-refractivity contribution is 1.08. The van der Waals surface area contributed by atoms with Crippen molar-refractivity contribution in [2.45, 2.75) is 70.0 Å². The molecule has 0 aromatic rings. The Morgan fingerprint density at radius 2 is 1.29 bits per heavy atom. The summed E-state index contributed by atoms with van der Waals surface area (Å²) in [6, 6.07) is 7.18. The molecule has 1 radical (unpaired) electrons. The molecule has 1 unspecified atom stereocenters. The van der Waals surface area contributed by atoms with Crippen molar-refractivity contribution in [3.8, 4) is 0 Å². The van der Waals surface area contributed by atoms with Gasteiger partial charge in [-0.25, -0.2) is 0 Å². The molecule has 0 amide bonds. The van der Waals surface area contributed by atoms with Crippen LogP contribution in [0.3, 0.4) is 0 Å². The lowest BCUT2D eigenvalue weighted by atomic mass is 10.9. The van der Waals surface area contributed by atoms with E-state index in [-0.39, 0.29) is 8.80 Å². The summed E-state index contributed by atoms with van der Waals surface area (Å²) < 4.78 is 0. The predicted molar refractivity (Wildman–Crippen MR) is 73.0 cm³/mol. The van der Waals surface area contributed by atoms with Gasteiger partial charge in [0.1, 0.15) is 16.9 Å². The summed E-state index contributed by atoms with van der Waals surface area (Å²) in [7, 11) is -1.13. The molecule has 0 heterocycles. The zero-order valence-corrected chi connectivity index (χ0v) is 12.8. The Bertz CT molecular complexity index is 129. The second-order valence-corrected chi connectivity index (χ2v) is 13.9. The first-order chi connectivity index (χ1) is 6.61. The third-order valence-corrected chi connectivity index (χ3v) is 15.8. The Balaban J connectivity index is 4.63. The lowest BCUT2D eigenvalue weighted by Crippen LogP contribution is -2.43. The molecule has 0 saturated heterocycles. The van der Waals surface area contributed by atoms with Gasteiger partial charge in [0.15, 0.2) is 0 Å². The van der Waals surface area contributed by atoms with Gasteiger partial charge in [0.05, 0.1) is 12.1 Å². The van der Waals surface area contributed by atoms with Gasteiger partial charge in [0, 0.05) is 0 Å². The van der Waals surface area contributed by atoms with Crippen LogP contribution in [0.2, 0.25) is 35.4 Å². The van der Waals surface area contributed by atoms with Gasteiger partial charge in [-0.1, -0.05) is 64.8 Å². The van der Waals surface area contributed by atoms with Gasteiger partial charge in [-0.15, -0.1) is 0 Å². The van der Waals surface area contributed by atoms with Gasteiger partial charge in [-0.3, -0.25) is 0 Å². The van der Waals surface area contributed by atoms with Crippen molar-refractivity contribution in [3.63, 3.8) is 0 Å². The van der Waals surface area contributed by atoms with Crippen LogP contribution in [-0.2, 0) is 0 Å². The molecule has 0 aromatic carbocycles. The summed E-state index contributed by atoms with van der Waals surface area (Å²) in [5.41, 5.74) is 0. The Kier molecular flexibility index (Phi) is 6.87. The maximum Gasteiger partial charge on any atom is 0.105 e. The SMILES string of the molecule is [CH2+]C([Si](CC)CC)[Si](CC)(CC)CC. The van der Waals surface area contributed by atoms with Crippen LogP contribution in [0.25, 0.3) is 0 Å². The molecule has 0 aliphatic carbocycles. The highest BCUT2D eigenvalue weighted by atomic mass is 28.4. The van der Waals surface area contributed by atoms with Gasteiger partial charge in [-0.05, 0) is 0 Å². The predicted octanol–water partition coefficient (Wildman–Crippen LogP) is 4.77. The minimum atomic E-state index is -0.992. The van der Waals surface area contributed by atoms with Crippen LogP contribution in [0.4, 0.5) is 0 Å². The quantitative estimate of drug-likeness (QED) is 0.435. The monoisotopic (exact) mass is 228 g/mol. The van der Waals surface area contributed by atoms with Gasteiger partial charge >= 0.3 is 0 Å². The first-order valence-corrected chi connectivity index (χ1v) is 11.0. The van der Waals surface area contributed by atoms with E-state index in [9.17, 15) is 0 Å². The first kappa shape index (κ1) is 14.3. The molecule has 2 heteroatoms. The molecule has 0 bridgehead atoms. The molecule has 0 aliphatic rings. The number of rotatable bonds is 7. The molecule has 14 heavy (non-hydrogen) atoms.